The molecule has 0 bridgehead atoms. The predicted octanol–water partition coefficient (Wildman–Crippen LogP) is 2.95. The molecule has 1 fully saturated rings. The molecule has 4 rings (SSSR count). The van der Waals surface area contributed by atoms with Gasteiger partial charge in [0.15, 0.2) is 5.54 Å². The van der Waals surface area contributed by atoms with Crippen LogP contribution in [-0.4, -0.2) is 66.7 Å². The van der Waals surface area contributed by atoms with Crippen LogP contribution < -0.4 is 4.90 Å². The third kappa shape index (κ3) is 3.17. The molecule has 8 heteroatoms. The molecular formula is C24H24BrN3O4. The summed E-state index contributed by atoms with van der Waals surface area (Å²) in [7, 11) is 5.46. The van der Waals surface area contributed by atoms with E-state index in [-0.39, 0.29) is 17.9 Å². The quantitative estimate of drug-likeness (QED) is 0.390. The Bertz CT molecular complexity index is 1140. The van der Waals surface area contributed by atoms with Gasteiger partial charge in [0.05, 0.1) is 5.57 Å². The second-order valence-electron chi connectivity index (χ2n) is 8.26. The molecule has 1 unspecified atom stereocenters. The second kappa shape index (κ2) is 8.18. The van der Waals surface area contributed by atoms with Crippen molar-refractivity contribution in [3.8, 4) is 0 Å². The van der Waals surface area contributed by atoms with Crippen molar-refractivity contribution in [2.75, 3.05) is 39.1 Å². The summed E-state index contributed by atoms with van der Waals surface area (Å²) in [4.78, 5) is 45.1. The number of hydrogen-bond acceptors (Lipinski definition) is 5. The number of likely N-dealkylation sites (N-methyl/N-ethyl adjacent to an activating group) is 1. The molecule has 2 aliphatic heterocycles. The van der Waals surface area contributed by atoms with E-state index >= 15 is 0 Å². The van der Waals surface area contributed by atoms with Gasteiger partial charge in [-0.05, 0) is 45.3 Å². The summed E-state index contributed by atoms with van der Waals surface area (Å²) in [5, 5.41) is 11.3. The van der Waals surface area contributed by atoms with Gasteiger partial charge >= 0.3 is 0 Å². The van der Waals surface area contributed by atoms with Crippen LogP contribution in [0.5, 0.6) is 0 Å². The lowest BCUT2D eigenvalue weighted by Gasteiger charge is -2.34. The van der Waals surface area contributed by atoms with Crippen molar-refractivity contribution in [2.24, 2.45) is 0 Å². The standard InChI is InChI=1S/C24H24BrN3O4/c1-26(2)13-6-14-28-22(31)21(30)19(20(29)15-9-11-16(25)12-10-15)24(28)17-7-4-5-8-18(17)27(3)23(24)32/h4-5,7-12,29H,6,13-14H2,1-3H3. The average Bonchev–Trinajstić information content (AvgIpc) is 3.13. The van der Waals surface area contributed by atoms with Gasteiger partial charge in [-0.1, -0.05) is 46.3 Å². The van der Waals surface area contributed by atoms with Gasteiger partial charge in [0.1, 0.15) is 5.76 Å². The summed E-state index contributed by atoms with van der Waals surface area (Å²) in [6, 6.07) is 13.8. The first-order valence-corrected chi connectivity index (χ1v) is 11.1. The molecule has 0 radical (unpaired) electrons. The maximum absolute atomic E-state index is 13.8. The zero-order valence-corrected chi connectivity index (χ0v) is 19.7. The number of carbonyl (C=O) groups is 3. The molecule has 2 heterocycles. The SMILES string of the molecule is CN(C)CCCN1C(=O)C(=O)C(=C(O)c2ccc(Br)cc2)C12C(=O)N(C)c1ccccc12. The van der Waals surface area contributed by atoms with Crippen LogP contribution in [0, 0.1) is 0 Å². The van der Waals surface area contributed by atoms with E-state index in [0.29, 0.717) is 29.8 Å². The van der Waals surface area contributed by atoms with Crippen LogP contribution in [0.25, 0.3) is 5.76 Å². The highest BCUT2D eigenvalue weighted by atomic mass is 79.9. The smallest absolute Gasteiger partial charge is 0.296 e. The topological polar surface area (TPSA) is 81.2 Å². The maximum atomic E-state index is 13.8. The van der Waals surface area contributed by atoms with Gasteiger partial charge in [0.2, 0.25) is 0 Å². The highest BCUT2D eigenvalue weighted by molar-refractivity contribution is 9.10. The fraction of sp³-hybridized carbons (Fsp3) is 0.292. The van der Waals surface area contributed by atoms with Crippen molar-refractivity contribution in [1.82, 2.24) is 9.80 Å². The summed E-state index contributed by atoms with van der Waals surface area (Å²) in [5.74, 6) is -2.42. The van der Waals surface area contributed by atoms with Crippen molar-refractivity contribution < 1.29 is 19.5 Å². The predicted molar refractivity (Wildman–Crippen MR) is 125 cm³/mol. The fourth-order valence-corrected chi connectivity index (χ4v) is 4.83. The Labute approximate surface area is 195 Å². The molecule has 2 aromatic carbocycles. The van der Waals surface area contributed by atoms with Crippen LogP contribution in [0.2, 0.25) is 0 Å². The molecule has 166 valence electrons. The number of anilines is 1. The molecular weight excluding hydrogens is 474 g/mol. The number of aliphatic hydroxyl groups is 1. The summed E-state index contributed by atoms with van der Waals surface area (Å²) in [6.07, 6.45) is 0.569. The molecule has 2 aliphatic rings. The molecule has 1 N–H and O–H groups in total. The van der Waals surface area contributed by atoms with Gasteiger partial charge in [0.25, 0.3) is 17.6 Å². The fourth-order valence-electron chi connectivity index (χ4n) is 4.57. The number of likely N-dealkylation sites (tertiary alicyclic amines) is 1. The number of fused-ring (bicyclic) bond motifs is 2. The van der Waals surface area contributed by atoms with Crippen molar-refractivity contribution in [3.05, 3.63) is 69.7 Å². The third-order valence-corrected chi connectivity index (χ3v) is 6.57. The third-order valence-electron chi connectivity index (χ3n) is 6.04. The highest BCUT2D eigenvalue weighted by Gasteiger charge is 2.66. The number of rotatable bonds is 5. The second-order valence-corrected chi connectivity index (χ2v) is 9.18. The van der Waals surface area contributed by atoms with E-state index in [1.807, 2.05) is 19.0 Å². The monoisotopic (exact) mass is 497 g/mol. The van der Waals surface area contributed by atoms with E-state index in [9.17, 15) is 19.5 Å². The minimum absolute atomic E-state index is 0.184. The van der Waals surface area contributed by atoms with Crippen LogP contribution >= 0.6 is 15.9 Å². The molecule has 0 aromatic heterocycles. The Morgan fingerprint density at radius 3 is 2.38 bits per heavy atom. The van der Waals surface area contributed by atoms with Gasteiger partial charge in [0, 0.05) is 34.9 Å². The number of carbonyl (C=O) groups excluding carboxylic acids is 3. The zero-order valence-electron chi connectivity index (χ0n) is 18.1. The van der Waals surface area contributed by atoms with Crippen molar-refractivity contribution >= 4 is 45.0 Å². The van der Waals surface area contributed by atoms with Crippen LogP contribution in [0.1, 0.15) is 17.5 Å². The van der Waals surface area contributed by atoms with Crippen LogP contribution in [0.3, 0.4) is 0 Å². The van der Waals surface area contributed by atoms with E-state index in [1.165, 1.54) is 9.80 Å². The number of benzene rings is 2. The minimum Gasteiger partial charge on any atom is -0.507 e. The molecule has 2 amide bonds. The van der Waals surface area contributed by atoms with Crippen molar-refractivity contribution in [3.63, 3.8) is 0 Å². The number of hydrogen-bond donors (Lipinski definition) is 1. The highest BCUT2D eigenvalue weighted by Crippen LogP contribution is 2.53. The first kappa shape index (κ1) is 22.2. The van der Waals surface area contributed by atoms with Crippen LogP contribution in [0.15, 0.2) is 58.6 Å². The van der Waals surface area contributed by atoms with Crippen LogP contribution in [0.4, 0.5) is 5.69 Å². The zero-order chi connectivity index (χ0) is 23.2. The molecule has 0 saturated carbocycles. The number of aliphatic hydroxyl groups excluding tert-OH is 1. The van der Waals surface area contributed by atoms with Gasteiger partial charge in [-0.25, -0.2) is 0 Å². The van der Waals surface area contributed by atoms with E-state index < -0.39 is 23.1 Å². The summed E-state index contributed by atoms with van der Waals surface area (Å²) >= 11 is 3.36. The first-order chi connectivity index (χ1) is 15.2. The maximum Gasteiger partial charge on any atom is 0.296 e. The Morgan fingerprint density at radius 1 is 1.06 bits per heavy atom. The van der Waals surface area contributed by atoms with Crippen molar-refractivity contribution in [2.45, 2.75) is 12.0 Å². The lowest BCUT2D eigenvalue weighted by Crippen LogP contribution is -2.51. The Kier molecular flexibility index (Phi) is 5.68. The van der Waals surface area contributed by atoms with E-state index in [1.54, 1.807) is 55.6 Å². The van der Waals surface area contributed by atoms with Crippen LogP contribution in [-0.2, 0) is 19.9 Å². The molecule has 1 spiro atoms. The Hall–Kier alpha value is -2.97. The number of nitrogens with zero attached hydrogens (tertiary/aromatic N) is 3. The van der Waals surface area contributed by atoms with Crippen molar-refractivity contribution in [1.29, 1.82) is 0 Å². The number of Topliss-reactive ketones (excluding diaryl/α,β-unsaturated/α-hetero) is 1. The number of amides is 2. The van der Waals surface area contributed by atoms with Gasteiger partial charge < -0.3 is 19.8 Å². The minimum atomic E-state index is -1.69. The van der Waals surface area contributed by atoms with E-state index in [2.05, 4.69) is 15.9 Å². The number of halogens is 1. The summed E-state index contributed by atoms with van der Waals surface area (Å²) in [6.45, 7) is 0.880. The molecule has 32 heavy (non-hydrogen) atoms. The normalized spacial score (nSPS) is 21.8. The average molecular weight is 498 g/mol. The van der Waals surface area contributed by atoms with Gasteiger partial charge in [-0.2, -0.15) is 0 Å². The molecule has 7 nitrogen and oxygen atoms in total. The summed E-state index contributed by atoms with van der Waals surface area (Å²) in [5.41, 5.74) is -0.382. The van der Waals surface area contributed by atoms with E-state index in [0.717, 1.165) is 4.47 Å². The Balaban J connectivity index is 1.98. The molecule has 0 aliphatic carbocycles. The molecule has 2 aromatic rings. The Morgan fingerprint density at radius 2 is 1.72 bits per heavy atom. The molecule has 1 saturated heterocycles. The summed E-state index contributed by atoms with van der Waals surface area (Å²) < 4.78 is 0.801. The van der Waals surface area contributed by atoms with Gasteiger partial charge in [-0.15, -0.1) is 0 Å². The first-order valence-electron chi connectivity index (χ1n) is 10.3. The molecule has 1 atom stereocenters. The largest absolute Gasteiger partial charge is 0.507 e. The lowest BCUT2D eigenvalue weighted by atomic mass is 9.82. The van der Waals surface area contributed by atoms with Gasteiger partial charge in [-0.3, -0.25) is 14.4 Å². The van der Waals surface area contributed by atoms with E-state index in [4.69, 9.17) is 0 Å². The lowest BCUT2D eigenvalue weighted by molar-refractivity contribution is -0.143. The number of ketones is 1. The number of para-hydroxylation sites is 1.